The number of benzene rings is 2. The Bertz CT molecular complexity index is 776. The van der Waals surface area contributed by atoms with Gasteiger partial charge in [0.15, 0.2) is 0 Å². The molecule has 0 fully saturated rings. The molecule has 0 aromatic heterocycles. The number of nitrogens with one attached hydrogen (secondary N) is 1. The summed E-state index contributed by atoms with van der Waals surface area (Å²) in [7, 11) is 1.46. The summed E-state index contributed by atoms with van der Waals surface area (Å²) >= 11 is 5.88. The maximum Gasteiger partial charge on any atom is 0.416 e. The summed E-state index contributed by atoms with van der Waals surface area (Å²) in [5, 5.41) is 14.0. The highest BCUT2D eigenvalue weighted by atomic mass is 35.5. The Kier molecular flexibility index (Phi) is 5.23. The van der Waals surface area contributed by atoms with Crippen LogP contribution in [0.2, 0.25) is 5.02 Å². The Morgan fingerprint density at radius 1 is 1.21 bits per heavy atom. The summed E-state index contributed by atoms with van der Waals surface area (Å²) in [6, 6.07) is 7.52. The van der Waals surface area contributed by atoms with Gasteiger partial charge < -0.3 is 9.84 Å². The Morgan fingerprint density at radius 2 is 1.92 bits per heavy atom. The summed E-state index contributed by atoms with van der Waals surface area (Å²) in [5.74, 6) is 0.408. The number of hydrogen-bond donors (Lipinski definition) is 2. The van der Waals surface area contributed by atoms with E-state index in [0.717, 1.165) is 18.2 Å². The van der Waals surface area contributed by atoms with Crippen molar-refractivity contribution in [3.8, 4) is 11.5 Å². The molecule has 128 valence electrons. The topological polar surface area (TPSA) is 53.8 Å². The van der Waals surface area contributed by atoms with Crippen LogP contribution < -0.4 is 10.2 Å². The zero-order valence-corrected chi connectivity index (χ0v) is 13.5. The SMILES string of the molecule is COc1ccc(/C(C)=N/Nc2cc(C(F)(F)F)ccc2Cl)c(O)c1. The molecule has 4 nitrogen and oxygen atoms in total. The highest BCUT2D eigenvalue weighted by molar-refractivity contribution is 6.33. The van der Waals surface area contributed by atoms with E-state index in [0.29, 0.717) is 17.0 Å². The van der Waals surface area contributed by atoms with Gasteiger partial charge in [-0.25, -0.2) is 0 Å². The van der Waals surface area contributed by atoms with Gasteiger partial charge in [0.2, 0.25) is 0 Å². The number of hydrazone groups is 1. The molecule has 0 aliphatic carbocycles. The first-order valence-corrected chi connectivity index (χ1v) is 7.14. The predicted octanol–water partition coefficient (Wildman–Crippen LogP) is 4.91. The number of halogens is 4. The van der Waals surface area contributed by atoms with E-state index in [1.807, 2.05) is 0 Å². The number of methoxy groups -OCH3 is 1. The zero-order valence-electron chi connectivity index (χ0n) is 12.8. The number of aromatic hydroxyl groups is 1. The Balaban J connectivity index is 2.27. The normalized spacial score (nSPS) is 12.2. The van der Waals surface area contributed by atoms with E-state index >= 15 is 0 Å². The third-order valence-corrected chi connectivity index (χ3v) is 3.56. The highest BCUT2D eigenvalue weighted by Crippen LogP contribution is 2.34. The summed E-state index contributed by atoms with van der Waals surface area (Å²) in [6.07, 6.45) is -4.48. The van der Waals surface area contributed by atoms with Crippen LogP contribution in [0.15, 0.2) is 41.5 Å². The molecular formula is C16H14ClF3N2O2. The first-order valence-electron chi connectivity index (χ1n) is 6.77. The number of alkyl halides is 3. The molecular weight excluding hydrogens is 345 g/mol. The molecule has 0 radical (unpaired) electrons. The lowest BCUT2D eigenvalue weighted by molar-refractivity contribution is -0.137. The number of phenolic OH excluding ortho intramolecular Hbond substituents is 1. The Morgan fingerprint density at radius 3 is 2.50 bits per heavy atom. The number of ether oxygens (including phenoxy) is 1. The number of anilines is 1. The van der Waals surface area contributed by atoms with Gasteiger partial charge in [-0.2, -0.15) is 18.3 Å². The molecule has 0 saturated heterocycles. The van der Waals surface area contributed by atoms with E-state index in [1.54, 1.807) is 19.1 Å². The molecule has 24 heavy (non-hydrogen) atoms. The van der Waals surface area contributed by atoms with E-state index in [9.17, 15) is 18.3 Å². The van der Waals surface area contributed by atoms with Gasteiger partial charge in [-0.05, 0) is 37.3 Å². The maximum absolute atomic E-state index is 12.7. The molecule has 0 aliphatic heterocycles. The van der Waals surface area contributed by atoms with Crippen molar-refractivity contribution in [2.24, 2.45) is 5.10 Å². The summed E-state index contributed by atoms with van der Waals surface area (Å²) < 4.78 is 43.2. The molecule has 0 saturated carbocycles. The van der Waals surface area contributed by atoms with Crippen molar-refractivity contribution in [2.75, 3.05) is 12.5 Å². The van der Waals surface area contributed by atoms with Gasteiger partial charge in [-0.15, -0.1) is 0 Å². The smallest absolute Gasteiger partial charge is 0.416 e. The van der Waals surface area contributed by atoms with Crippen molar-refractivity contribution < 1.29 is 23.0 Å². The molecule has 0 bridgehead atoms. The largest absolute Gasteiger partial charge is 0.507 e. The lowest BCUT2D eigenvalue weighted by atomic mass is 10.1. The van der Waals surface area contributed by atoms with Crippen LogP contribution in [-0.4, -0.2) is 17.9 Å². The van der Waals surface area contributed by atoms with Crippen LogP contribution >= 0.6 is 11.6 Å². The number of nitrogens with zero attached hydrogens (tertiary/aromatic N) is 1. The average Bonchev–Trinajstić information content (AvgIpc) is 2.52. The second kappa shape index (κ2) is 7.00. The van der Waals surface area contributed by atoms with Gasteiger partial charge in [-0.3, -0.25) is 5.43 Å². The molecule has 0 aliphatic rings. The minimum Gasteiger partial charge on any atom is -0.507 e. The van der Waals surface area contributed by atoms with E-state index < -0.39 is 11.7 Å². The number of hydrogen-bond acceptors (Lipinski definition) is 4. The van der Waals surface area contributed by atoms with Gasteiger partial charge in [0.1, 0.15) is 11.5 Å². The molecule has 8 heteroatoms. The predicted molar refractivity (Wildman–Crippen MR) is 86.9 cm³/mol. The van der Waals surface area contributed by atoms with E-state index in [-0.39, 0.29) is 16.5 Å². The molecule has 0 unspecified atom stereocenters. The summed E-state index contributed by atoms with van der Waals surface area (Å²) in [6.45, 7) is 1.59. The first-order chi connectivity index (χ1) is 11.2. The molecule has 2 N–H and O–H groups in total. The van der Waals surface area contributed by atoms with E-state index in [4.69, 9.17) is 16.3 Å². The van der Waals surface area contributed by atoms with Crippen molar-refractivity contribution in [3.63, 3.8) is 0 Å². The number of phenols is 1. The molecule has 0 atom stereocenters. The van der Waals surface area contributed by atoms with E-state index in [2.05, 4.69) is 10.5 Å². The lowest BCUT2D eigenvalue weighted by Gasteiger charge is -2.11. The van der Waals surface area contributed by atoms with Crippen LogP contribution in [0.4, 0.5) is 18.9 Å². The standard InChI is InChI=1S/C16H14ClF3N2O2/c1-9(12-5-4-11(24-2)8-15(12)23)21-22-14-7-10(16(18,19)20)3-6-13(14)17/h3-8,22-23H,1-2H3/b21-9+. The fourth-order valence-corrected chi connectivity index (χ4v) is 2.10. The van der Waals surface area contributed by atoms with Crippen molar-refractivity contribution >= 4 is 23.0 Å². The highest BCUT2D eigenvalue weighted by Gasteiger charge is 2.30. The maximum atomic E-state index is 12.7. The summed E-state index contributed by atoms with van der Waals surface area (Å²) in [5.41, 5.74) is 2.44. The van der Waals surface area contributed by atoms with Gasteiger partial charge >= 0.3 is 6.18 Å². The minimum absolute atomic E-state index is 0.0128. The molecule has 0 spiro atoms. The van der Waals surface area contributed by atoms with Crippen molar-refractivity contribution in [2.45, 2.75) is 13.1 Å². The molecule has 2 aromatic carbocycles. The van der Waals surface area contributed by atoms with Crippen LogP contribution in [-0.2, 0) is 6.18 Å². The van der Waals surface area contributed by atoms with Crippen LogP contribution in [0.25, 0.3) is 0 Å². The lowest BCUT2D eigenvalue weighted by Crippen LogP contribution is -2.06. The molecule has 0 amide bonds. The van der Waals surface area contributed by atoms with E-state index in [1.165, 1.54) is 13.2 Å². The Labute approximate surface area is 141 Å². The second-order valence-corrected chi connectivity index (χ2v) is 5.29. The average molecular weight is 359 g/mol. The fraction of sp³-hybridized carbons (Fsp3) is 0.188. The van der Waals surface area contributed by atoms with Crippen LogP contribution in [0.5, 0.6) is 11.5 Å². The minimum atomic E-state index is -4.48. The monoisotopic (exact) mass is 358 g/mol. The fourth-order valence-electron chi connectivity index (χ4n) is 1.94. The Hall–Kier alpha value is -2.41. The van der Waals surface area contributed by atoms with Crippen molar-refractivity contribution in [3.05, 3.63) is 52.5 Å². The third-order valence-electron chi connectivity index (χ3n) is 3.23. The number of rotatable bonds is 4. The van der Waals surface area contributed by atoms with Crippen LogP contribution in [0, 0.1) is 0 Å². The van der Waals surface area contributed by atoms with Gasteiger partial charge in [-0.1, -0.05) is 11.6 Å². The van der Waals surface area contributed by atoms with Crippen molar-refractivity contribution in [1.82, 2.24) is 0 Å². The zero-order chi connectivity index (χ0) is 17.9. The van der Waals surface area contributed by atoms with Gasteiger partial charge in [0, 0.05) is 11.6 Å². The first kappa shape index (κ1) is 17.9. The molecule has 0 heterocycles. The third kappa shape index (κ3) is 4.11. The second-order valence-electron chi connectivity index (χ2n) is 4.88. The summed E-state index contributed by atoms with van der Waals surface area (Å²) in [4.78, 5) is 0. The van der Waals surface area contributed by atoms with Crippen LogP contribution in [0.3, 0.4) is 0 Å². The van der Waals surface area contributed by atoms with Crippen LogP contribution in [0.1, 0.15) is 18.1 Å². The molecule has 2 aromatic rings. The quantitative estimate of drug-likeness (QED) is 0.603. The molecule has 2 rings (SSSR count). The van der Waals surface area contributed by atoms with Gasteiger partial charge in [0.25, 0.3) is 0 Å². The van der Waals surface area contributed by atoms with Gasteiger partial charge in [0.05, 0.1) is 29.1 Å². The van der Waals surface area contributed by atoms with Crippen molar-refractivity contribution in [1.29, 1.82) is 0 Å².